The highest BCUT2D eigenvalue weighted by atomic mass is 35.5. The van der Waals surface area contributed by atoms with Gasteiger partial charge in [-0.25, -0.2) is 4.98 Å². The van der Waals surface area contributed by atoms with Gasteiger partial charge in [0.2, 0.25) is 0 Å². The van der Waals surface area contributed by atoms with Crippen LogP contribution in [0.15, 0.2) is 18.2 Å². The predicted octanol–water partition coefficient (Wildman–Crippen LogP) is 2.36. The third kappa shape index (κ3) is 3.12. The minimum absolute atomic E-state index is 0.130. The number of thioether (sulfide) groups is 1. The van der Waals surface area contributed by atoms with E-state index >= 15 is 0 Å². The van der Waals surface area contributed by atoms with E-state index in [1.807, 2.05) is 11.8 Å². The van der Waals surface area contributed by atoms with Gasteiger partial charge in [-0.2, -0.15) is 11.8 Å². The van der Waals surface area contributed by atoms with Crippen molar-refractivity contribution in [2.24, 2.45) is 0 Å². The van der Waals surface area contributed by atoms with E-state index in [2.05, 4.69) is 10.3 Å². The number of halogens is 1. The number of amides is 1. The number of carbonyl (C=O) groups is 1. The molecule has 0 spiro atoms. The Labute approximate surface area is 104 Å². The molecule has 16 heavy (non-hydrogen) atoms. The van der Waals surface area contributed by atoms with Crippen LogP contribution in [-0.4, -0.2) is 28.4 Å². The van der Waals surface area contributed by atoms with Crippen LogP contribution in [0.1, 0.15) is 23.3 Å². The van der Waals surface area contributed by atoms with Crippen molar-refractivity contribution in [3.8, 4) is 0 Å². The SMILES string of the molecule is O=C(NC1CCCSC1)c1cccc(Cl)n1. The van der Waals surface area contributed by atoms with Crippen LogP contribution in [0.5, 0.6) is 0 Å². The Balaban J connectivity index is 1.97. The first-order valence-electron chi connectivity index (χ1n) is 5.27. The highest BCUT2D eigenvalue weighted by Crippen LogP contribution is 2.17. The summed E-state index contributed by atoms with van der Waals surface area (Å²) < 4.78 is 0. The van der Waals surface area contributed by atoms with Gasteiger partial charge in [0.05, 0.1) is 0 Å². The average Bonchev–Trinajstić information content (AvgIpc) is 2.30. The second-order valence-corrected chi connectivity index (χ2v) is 5.27. The Morgan fingerprint density at radius 3 is 3.12 bits per heavy atom. The van der Waals surface area contributed by atoms with Gasteiger partial charge in [-0.1, -0.05) is 17.7 Å². The summed E-state index contributed by atoms with van der Waals surface area (Å²) in [6.45, 7) is 0. The third-order valence-corrected chi connectivity index (χ3v) is 3.87. The average molecular weight is 257 g/mol. The van der Waals surface area contributed by atoms with Gasteiger partial charge in [0.25, 0.3) is 5.91 Å². The van der Waals surface area contributed by atoms with Gasteiger partial charge in [-0.15, -0.1) is 0 Å². The van der Waals surface area contributed by atoms with Crippen LogP contribution in [0.4, 0.5) is 0 Å². The second-order valence-electron chi connectivity index (χ2n) is 3.73. The van der Waals surface area contributed by atoms with Crippen molar-refractivity contribution < 1.29 is 4.79 Å². The summed E-state index contributed by atoms with van der Waals surface area (Å²) in [4.78, 5) is 15.8. The summed E-state index contributed by atoms with van der Waals surface area (Å²) in [5.74, 6) is 2.06. The van der Waals surface area contributed by atoms with Crippen molar-refractivity contribution in [2.45, 2.75) is 18.9 Å². The molecule has 1 N–H and O–H groups in total. The Hall–Kier alpha value is -0.740. The largest absolute Gasteiger partial charge is 0.347 e. The summed E-state index contributed by atoms with van der Waals surface area (Å²) in [5.41, 5.74) is 0.392. The Bertz CT molecular complexity index is 380. The smallest absolute Gasteiger partial charge is 0.270 e. The summed E-state index contributed by atoms with van der Waals surface area (Å²) >= 11 is 7.62. The molecule has 3 nitrogen and oxygen atoms in total. The van der Waals surface area contributed by atoms with E-state index in [0.717, 1.165) is 12.2 Å². The van der Waals surface area contributed by atoms with E-state index in [4.69, 9.17) is 11.6 Å². The van der Waals surface area contributed by atoms with Gasteiger partial charge >= 0.3 is 0 Å². The zero-order chi connectivity index (χ0) is 11.4. The van der Waals surface area contributed by atoms with E-state index in [-0.39, 0.29) is 11.9 Å². The molecule has 2 heterocycles. The monoisotopic (exact) mass is 256 g/mol. The van der Waals surface area contributed by atoms with Crippen molar-refractivity contribution >= 4 is 29.3 Å². The molecule has 86 valence electrons. The van der Waals surface area contributed by atoms with Crippen LogP contribution in [0, 0.1) is 0 Å². The Kier molecular flexibility index (Phi) is 4.07. The lowest BCUT2D eigenvalue weighted by molar-refractivity contribution is 0.0933. The second kappa shape index (κ2) is 5.55. The maximum absolute atomic E-state index is 11.8. The van der Waals surface area contributed by atoms with Gasteiger partial charge in [0.15, 0.2) is 0 Å². The normalized spacial score (nSPS) is 20.4. The van der Waals surface area contributed by atoms with Crippen molar-refractivity contribution in [3.05, 3.63) is 29.0 Å². The van der Waals surface area contributed by atoms with Crippen LogP contribution in [-0.2, 0) is 0 Å². The predicted molar refractivity (Wildman–Crippen MR) is 67.1 cm³/mol. The molecular weight excluding hydrogens is 244 g/mol. The molecule has 1 aromatic rings. The summed E-state index contributed by atoms with van der Waals surface area (Å²) in [5, 5.41) is 3.33. The number of hydrogen-bond donors (Lipinski definition) is 1. The van der Waals surface area contributed by atoms with E-state index in [1.165, 1.54) is 12.2 Å². The number of carbonyl (C=O) groups excluding carboxylic acids is 1. The molecule has 1 atom stereocenters. The maximum atomic E-state index is 11.8. The Morgan fingerprint density at radius 2 is 2.44 bits per heavy atom. The van der Waals surface area contributed by atoms with Gasteiger partial charge in [-0.3, -0.25) is 4.79 Å². The van der Waals surface area contributed by atoms with E-state index in [1.54, 1.807) is 18.2 Å². The lowest BCUT2D eigenvalue weighted by Gasteiger charge is -2.22. The standard InChI is InChI=1S/C11H13ClN2OS/c12-10-5-1-4-9(14-10)11(15)13-8-3-2-6-16-7-8/h1,4-5,8H,2-3,6-7H2,(H,13,15). The Morgan fingerprint density at radius 1 is 1.56 bits per heavy atom. The molecule has 0 saturated carbocycles. The number of aromatic nitrogens is 1. The summed E-state index contributed by atoms with van der Waals surface area (Å²) in [6.07, 6.45) is 2.22. The fraction of sp³-hybridized carbons (Fsp3) is 0.455. The fourth-order valence-electron chi connectivity index (χ4n) is 1.65. The highest BCUT2D eigenvalue weighted by Gasteiger charge is 2.17. The van der Waals surface area contributed by atoms with Crippen LogP contribution in [0.3, 0.4) is 0 Å². The molecule has 2 rings (SSSR count). The first kappa shape index (κ1) is 11.7. The zero-order valence-corrected chi connectivity index (χ0v) is 10.4. The fourth-order valence-corrected chi connectivity index (χ4v) is 2.88. The van der Waals surface area contributed by atoms with Gasteiger partial charge in [0, 0.05) is 11.8 Å². The first-order chi connectivity index (χ1) is 7.75. The van der Waals surface area contributed by atoms with Crippen molar-refractivity contribution in [1.82, 2.24) is 10.3 Å². The van der Waals surface area contributed by atoms with Crippen molar-refractivity contribution in [1.29, 1.82) is 0 Å². The van der Waals surface area contributed by atoms with Crippen LogP contribution >= 0.6 is 23.4 Å². The molecule has 1 fully saturated rings. The quantitative estimate of drug-likeness (QED) is 0.826. The van der Waals surface area contributed by atoms with Crippen molar-refractivity contribution in [3.63, 3.8) is 0 Å². The van der Waals surface area contributed by atoms with E-state index in [0.29, 0.717) is 10.8 Å². The van der Waals surface area contributed by atoms with Crippen molar-refractivity contribution in [2.75, 3.05) is 11.5 Å². The number of nitrogens with one attached hydrogen (secondary N) is 1. The van der Waals surface area contributed by atoms with Crippen LogP contribution in [0.25, 0.3) is 0 Å². The van der Waals surface area contributed by atoms with E-state index < -0.39 is 0 Å². The molecular formula is C11H13ClN2OS. The molecule has 0 aromatic carbocycles. The number of pyridine rings is 1. The first-order valence-corrected chi connectivity index (χ1v) is 6.80. The molecule has 5 heteroatoms. The lowest BCUT2D eigenvalue weighted by atomic mass is 10.2. The molecule has 0 bridgehead atoms. The minimum Gasteiger partial charge on any atom is -0.347 e. The molecule has 1 saturated heterocycles. The van der Waals surface area contributed by atoms with Crippen LogP contribution < -0.4 is 5.32 Å². The summed E-state index contributed by atoms with van der Waals surface area (Å²) in [7, 11) is 0. The molecule has 1 aliphatic heterocycles. The number of nitrogens with zero attached hydrogens (tertiary/aromatic N) is 1. The number of hydrogen-bond acceptors (Lipinski definition) is 3. The molecule has 1 aliphatic rings. The van der Waals surface area contributed by atoms with Gasteiger partial charge < -0.3 is 5.32 Å². The molecule has 0 radical (unpaired) electrons. The maximum Gasteiger partial charge on any atom is 0.270 e. The third-order valence-electron chi connectivity index (χ3n) is 2.44. The molecule has 0 aliphatic carbocycles. The molecule has 1 amide bonds. The zero-order valence-electron chi connectivity index (χ0n) is 8.78. The summed E-state index contributed by atoms with van der Waals surface area (Å²) in [6, 6.07) is 5.35. The van der Waals surface area contributed by atoms with Gasteiger partial charge in [0.1, 0.15) is 10.8 Å². The minimum atomic E-state index is -0.130. The molecule has 1 unspecified atom stereocenters. The van der Waals surface area contributed by atoms with Gasteiger partial charge in [-0.05, 0) is 30.7 Å². The topological polar surface area (TPSA) is 42.0 Å². The van der Waals surface area contributed by atoms with Crippen LogP contribution in [0.2, 0.25) is 5.15 Å². The lowest BCUT2D eigenvalue weighted by Crippen LogP contribution is -2.38. The number of rotatable bonds is 2. The molecule has 1 aromatic heterocycles. The van der Waals surface area contributed by atoms with E-state index in [9.17, 15) is 4.79 Å². The highest BCUT2D eigenvalue weighted by molar-refractivity contribution is 7.99.